The second kappa shape index (κ2) is 14.2. The summed E-state index contributed by atoms with van der Waals surface area (Å²) >= 11 is 0. The predicted octanol–water partition coefficient (Wildman–Crippen LogP) is 7.69. The van der Waals surface area contributed by atoms with Crippen LogP contribution in [0.2, 0.25) is 0 Å². The lowest BCUT2D eigenvalue weighted by Gasteiger charge is -2.07. The van der Waals surface area contributed by atoms with Gasteiger partial charge in [0.25, 0.3) is 0 Å². The van der Waals surface area contributed by atoms with Crippen molar-refractivity contribution >= 4 is 57.5 Å². The van der Waals surface area contributed by atoms with E-state index in [1.165, 1.54) is 0 Å². The summed E-state index contributed by atoms with van der Waals surface area (Å²) in [6, 6.07) is 29.9. The molecule has 0 atom stereocenters. The van der Waals surface area contributed by atoms with Crippen LogP contribution in [-0.4, -0.2) is 47.5 Å². The molecule has 0 aliphatic heterocycles. The molecule has 0 unspecified atom stereocenters. The van der Waals surface area contributed by atoms with Gasteiger partial charge in [-0.05, 0) is 74.5 Å². The van der Waals surface area contributed by atoms with Gasteiger partial charge in [-0.1, -0.05) is 36.4 Å². The Hall–Kier alpha value is -6.36. The van der Waals surface area contributed by atoms with E-state index in [0.29, 0.717) is 33.7 Å². The Morgan fingerprint density at radius 1 is 0.638 bits per heavy atom. The number of hydrogen-bond donors (Lipinski definition) is 4. The van der Waals surface area contributed by atoms with Crippen molar-refractivity contribution in [3.8, 4) is 11.5 Å². The molecule has 0 saturated carbocycles. The molecule has 0 fully saturated rings. The highest BCUT2D eigenvalue weighted by molar-refractivity contribution is 6.10. The van der Waals surface area contributed by atoms with Gasteiger partial charge in [-0.15, -0.1) is 0 Å². The third-order valence-electron chi connectivity index (χ3n) is 7.14. The highest BCUT2D eigenvalue weighted by atomic mass is 16.5. The number of rotatable bonds is 12. The first-order valence-electron chi connectivity index (χ1n) is 15.1. The van der Waals surface area contributed by atoms with E-state index in [-0.39, 0.29) is 24.6 Å². The summed E-state index contributed by atoms with van der Waals surface area (Å²) in [5.41, 5.74) is 10.7. The lowest BCUT2D eigenvalue weighted by molar-refractivity contribution is 0.0511. The number of benzene rings is 4. The number of para-hydroxylation sites is 2. The lowest BCUT2D eigenvalue weighted by atomic mass is 10.1. The van der Waals surface area contributed by atoms with E-state index >= 15 is 0 Å². The number of aromatic nitrogens is 2. The molecule has 0 radical (unpaired) electrons. The van der Waals surface area contributed by atoms with E-state index in [4.69, 9.17) is 14.2 Å². The minimum atomic E-state index is -0.487. The van der Waals surface area contributed by atoms with E-state index in [1.807, 2.05) is 84.9 Å². The number of anilines is 2. The normalized spacial score (nSPS) is 11.4. The Morgan fingerprint density at radius 3 is 1.47 bits per heavy atom. The zero-order chi connectivity index (χ0) is 32.6. The van der Waals surface area contributed by atoms with Gasteiger partial charge in [-0.25, -0.2) is 9.59 Å². The fourth-order valence-electron chi connectivity index (χ4n) is 5.01. The van der Waals surface area contributed by atoms with E-state index in [2.05, 4.69) is 31.0 Å². The van der Waals surface area contributed by atoms with Crippen molar-refractivity contribution in [2.75, 3.05) is 24.1 Å². The Labute approximate surface area is 270 Å². The van der Waals surface area contributed by atoms with Gasteiger partial charge in [0, 0.05) is 32.9 Å². The molecule has 0 aliphatic carbocycles. The van der Waals surface area contributed by atoms with Crippen molar-refractivity contribution < 1.29 is 23.8 Å². The van der Waals surface area contributed by atoms with Gasteiger partial charge in [0.05, 0.1) is 37.0 Å². The summed E-state index contributed by atoms with van der Waals surface area (Å²) in [6.45, 7) is 3.97. The van der Waals surface area contributed by atoms with Crippen molar-refractivity contribution in [2.45, 2.75) is 13.8 Å². The summed E-state index contributed by atoms with van der Waals surface area (Å²) in [5.74, 6) is 0.0789. The average molecular weight is 629 g/mol. The molecule has 0 aliphatic rings. The molecule has 236 valence electrons. The number of carbonyl (C=O) groups is 2. The van der Waals surface area contributed by atoms with Crippen LogP contribution in [0.5, 0.6) is 11.5 Å². The topological polar surface area (TPSA) is 142 Å². The monoisotopic (exact) mass is 628 g/mol. The van der Waals surface area contributed by atoms with Gasteiger partial charge in [-0.3, -0.25) is 10.9 Å². The van der Waals surface area contributed by atoms with Gasteiger partial charge in [-0.2, -0.15) is 10.2 Å². The zero-order valence-electron chi connectivity index (χ0n) is 25.7. The maximum Gasteiger partial charge on any atom is 0.355 e. The van der Waals surface area contributed by atoms with Gasteiger partial charge < -0.3 is 24.2 Å². The van der Waals surface area contributed by atoms with Crippen LogP contribution in [0.3, 0.4) is 0 Å². The third-order valence-corrected chi connectivity index (χ3v) is 7.14. The molecule has 0 spiro atoms. The average Bonchev–Trinajstić information content (AvgIpc) is 3.64. The SMILES string of the molecule is CCOC(=O)c1[nH]c2ccc(Oc3ccc4[nH]c(C(=O)OCC)c(C=NNc5ccccc5)c4c3)cc2c1C=NNc1ccccc1. The summed E-state index contributed by atoms with van der Waals surface area (Å²) in [6.07, 6.45) is 3.17. The molecule has 11 nitrogen and oxygen atoms in total. The highest BCUT2D eigenvalue weighted by Crippen LogP contribution is 2.32. The molecule has 2 aromatic heterocycles. The Bertz CT molecular complexity index is 1930. The second-order valence-electron chi connectivity index (χ2n) is 10.3. The van der Waals surface area contributed by atoms with Crippen molar-refractivity contribution in [3.05, 3.63) is 120 Å². The molecule has 47 heavy (non-hydrogen) atoms. The minimum absolute atomic E-state index is 0.232. The first-order valence-corrected chi connectivity index (χ1v) is 15.1. The van der Waals surface area contributed by atoms with E-state index in [0.717, 1.165) is 22.1 Å². The number of aromatic amines is 2. The highest BCUT2D eigenvalue weighted by Gasteiger charge is 2.20. The number of ether oxygens (including phenoxy) is 3. The number of nitrogens with zero attached hydrogens (tertiary/aromatic N) is 2. The number of esters is 2. The third kappa shape index (κ3) is 6.99. The van der Waals surface area contributed by atoms with Crippen LogP contribution in [0.15, 0.2) is 107 Å². The second-order valence-corrected chi connectivity index (χ2v) is 10.3. The number of hydrazone groups is 2. The summed E-state index contributed by atoms with van der Waals surface area (Å²) in [7, 11) is 0. The van der Waals surface area contributed by atoms with E-state index in [9.17, 15) is 9.59 Å². The van der Waals surface area contributed by atoms with Crippen molar-refractivity contribution in [3.63, 3.8) is 0 Å². The molecule has 0 bridgehead atoms. The number of hydrogen-bond acceptors (Lipinski definition) is 9. The van der Waals surface area contributed by atoms with Crippen LogP contribution in [-0.2, 0) is 9.47 Å². The van der Waals surface area contributed by atoms with E-state index in [1.54, 1.807) is 38.4 Å². The zero-order valence-corrected chi connectivity index (χ0v) is 25.7. The molecule has 2 heterocycles. The Morgan fingerprint density at radius 2 is 1.06 bits per heavy atom. The van der Waals surface area contributed by atoms with Crippen molar-refractivity contribution in [1.29, 1.82) is 0 Å². The van der Waals surface area contributed by atoms with Gasteiger partial charge in [0.1, 0.15) is 22.9 Å². The molecule has 6 aromatic rings. The van der Waals surface area contributed by atoms with Crippen LogP contribution in [0.25, 0.3) is 21.8 Å². The molecule has 4 aromatic carbocycles. The van der Waals surface area contributed by atoms with Crippen LogP contribution in [0.1, 0.15) is 46.0 Å². The van der Waals surface area contributed by atoms with Gasteiger partial charge in [0.15, 0.2) is 0 Å². The summed E-state index contributed by atoms with van der Waals surface area (Å²) in [5, 5.41) is 10.2. The number of H-pyrrole nitrogens is 2. The van der Waals surface area contributed by atoms with Gasteiger partial charge >= 0.3 is 11.9 Å². The number of carbonyl (C=O) groups excluding carboxylic acids is 2. The fraction of sp³-hybridized carbons (Fsp3) is 0.111. The molecule has 11 heteroatoms. The largest absolute Gasteiger partial charge is 0.461 e. The first kappa shape index (κ1) is 30.7. The quantitative estimate of drug-likeness (QED) is 0.0618. The number of fused-ring (bicyclic) bond motifs is 2. The lowest BCUT2D eigenvalue weighted by Crippen LogP contribution is -2.08. The van der Waals surface area contributed by atoms with Gasteiger partial charge in [0.2, 0.25) is 0 Å². The molecule has 6 rings (SSSR count). The predicted molar refractivity (Wildman–Crippen MR) is 184 cm³/mol. The number of nitrogens with one attached hydrogen (secondary N) is 4. The first-order chi connectivity index (χ1) is 23.0. The maximum atomic E-state index is 12.8. The molecular weight excluding hydrogens is 596 g/mol. The Balaban J connectivity index is 1.33. The van der Waals surface area contributed by atoms with Crippen LogP contribution in [0.4, 0.5) is 11.4 Å². The molecule has 4 N–H and O–H groups in total. The summed E-state index contributed by atoms with van der Waals surface area (Å²) < 4.78 is 16.9. The Kier molecular flexibility index (Phi) is 9.24. The van der Waals surface area contributed by atoms with Crippen LogP contribution >= 0.6 is 0 Å². The van der Waals surface area contributed by atoms with Crippen LogP contribution < -0.4 is 15.6 Å². The maximum absolute atomic E-state index is 12.8. The summed E-state index contributed by atoms with van der Waals surface area (Å²) in [4.78, 5) is 32.0. The molecule has 0 amide bonds. The minimum Gasteiger partial charge on any atom is -0.461 e. The smallest absolute Gasteiger partial charge is 0.355 e. The standard InChI is InChI=1S/C36H32N6O5/c1-3-45-35(43)33-29(21-37-41-23-11-7-5-8-12-23)27-19-25(15-17-31(27)39-33)47-26-16-18-32-28(20-26)30(34(40-32)36(44)46-4-2)22-38-42-24-13-9-6-10-14-24/h5-22,39-42H,3-4H2,1-2H3. The van der Waals surface area contributed by atoms with Crippen LogP contribution in [0, 0.1) is 0 Å². The van der Waals surface area contributed by atoms with E-state index < -0.39 is 11.9 Å². The van der Waals surface area contributed by atoms with Crippen molar-refractivity contribution in [2.24, 2.45) is 10.2 Å². The molecular formula is C36H32N6O5. The van der Waals surface area contributed by atoms with Crippen molar-refractivity contribution in [1.82, 2.24) is 9.97 Å². The molecule has 0 saturated heterocycles. The fourth-order valence-corrected chi connectivity index (χ4v) is 5.01.